The van der Waals surface area contributed by atoms with Crippen LogP contribution in [0.3, 0.4) is 0 Å². The maximum Gasteiger partial charge on any atom is 0.243 e. The molecule has 2 fully saturated rings. The minimum Gasteiger partial charge on any atom is -0.353 e. The van der Waals surface area contributed by atoms with Crippen molar-refractivity contribution in [3.63, 3.8) is 0 Å². The summed E-state index contributed by atoms with van der Waals surface area (Å²) in [6.45, 7) is 6.08. The zero-order valence-corrected chi connectivity index (χ0v) is 20.8. The van der Waals surface area contributed by atoms with Gasteiger partial charge in [-0.3, -0.25) is 4.79 Å². The van der Waals surface area contributed by atoms with Gasteiger partial charge in [-0.05, 0) is 49.6 Å². The van der Waals surface area contributed by atoms with E-state index < -0.39 is 10.0 Å². The van der Waals surface area contributed by atoms with E-state index in [0.717, 1.165) is 37.4 Å². The molecule has 0 radical (unpaired) electrons. The molecule has 1 atom stereocenters. The molecule has 0 unspecified atom stereocenters. The molecule has 0 spiro atoms. The predicted octanol–water partition coefficient (Wildman–Crippen LogP) is 1.99. The van der Waals surface area contributed by atoms with Gasteiger partial charge in [0.05, 0.1) is 16.3 Å². The molecule has 0 N–H and O–H groups in total. The Balaban J connectivity index is 1.25. The Labute approximate surface area is 205 Å². The van der Waals surface area contributed by atoms with Gasteiger partial charge in [0.1, 0.15) is 11.3 Å². The van der Waals surface area contributed by atoms with Gasteiger partial charge < -0.3 is 9.80 Å². The van der Waals surface area contributed by atoms with Crippen LogP contribution in [0.1, 0.15) is 26.2 Å². The van der Waals surface area contributed by atoms with E-state index in [2.05, 4.69) is 27.1 Å². The number of aromatic nitrogens is 4. The number of sulfonamides is 1. The van der Waals surface area contributed by atoms with Crippen molar-refractivity contribution in [1.82, 2.24) is 29.2 Å². The molecule has 0 aliphatic carbocycles. The van der Waals surface area contributed by atoms with Gasteiger partial charge in [0.2, 0.25) is 15.9 Å². The van der Waals surface area contributed by atoms with Crippen LogP contribution < -0.4 is 4.90 Å². The standard InChI is InChI=1S/C24H31N7O3S/c1-2-11-31-22-9-8-20(17-21(22)26-27-31)35(33,34)30-12-5-6-19(18-30)24(32)29-15-13-28(14-16-29)23-7-3-4-10-25-23/h3-4,7-10,17,19H,2,5-6,11-16,18H2,1H3/t19-/m0/s1. The molecule has 2 saturated heterocycles. The first-order chi connectivity index (χ1) is 17.0. The molecule has 4 heterocycles. The predicted molar refractivity (Wildman–Crippen MR) is 132 cm³/mol. The van der Waals surface area contributed by atoms with E-state index >= 15 is 0 Å². The number of aryl methyl sites for hydroxylation is 1. The number of benzene rings is 1. The van der Waals surface area contributed by atoms with Crippen molar-refractivity contribution in [2.75, 3.05) is 44.2 Å². The van der Waals surface area contributed by atoms with E-state index in [1.165, 1.54) is 4.31 Å². The van der Waals surface area contributed by atoms with Crippen LogP contribution in [0.2, 0.25) is 0 Å². The van der Waals surface area contributed by atoms with Crippen molar-refractivity contribution in [3.8, 4) is 0 Å². The minimum absolute atomic E-state index is 0.0449. The summed E-state index contributed by atoms with van der Waals surface area (Å²) in [6.07, 6.45) is 4.06. The second-order valence-electron chi connectivity index (χ2n) is 9.17. The molecule has 2 aliphatic heterocycles. The van der Waals surface area contributed by atoms with Gasteiger partial charge in [0.25, 0.3) is 0 Å². The van der Waals surface area contributed by atoms with Crippen molar-refractivity contribution in [2.45, 2.75) is 37.6 Å². The summed E-state index contributed by atoms with van der Waals surface area (Å²) in [5.41, 5.74) is 1.39. The molecular formula is C24H31N7O3S. The Morgan fingerprint density at radius 3 is 2.66 bits per heavy atom. The van der Waals surface area contributed by atoms with E-state index in [1.807, 2.05) is 23.1 Å². The highest BCUT2D eigenvalue weighted by Crippen LogP contribution is 2.27. The normalized spacial score (nSPS) is 19.9. The lowest BCUT2D eigenvalue weighted by atomic mass is 9.98. The van der Waals surface area contributed by atoms with Crippen molar-refractivity contribution in [3.05, 3.63) is 42.6 Å². The Morgan fingerprint density at radius 1 is 1.09 bits per heavy atom. The molecular weight excluding hydrogens is 466 g/mol. The highest BCUT2D eigenvalue weighted by atomic mass is 32.2. The molecule has 3 aromatic rings. The summed E-state index contributed by atoms with van der Waals surface area (Å²) in [6, 6.07) is 10.8. The van der Waals surface area contributed by atoms with Crippen LogP contribution >= 0.6 is 0 Å². The van der Waals surface area contributed by atoms with E-state index in [9.17, 15) is 13.2 Å². The summed E-state index contributed by atoms with van der Waals surface area (Å²) in [7, 11) is -3.73. The third kappa shape index (κ3) is 4.74. The number of rotatable bonds is 6. The number of amides is 1. The van der Waals surface area contributed by atoms with E-state index in [0.29, 0.717) is 38.0 Å². The molecule has 2 aromatic heterocycles. The van der Waals surface area contributed by atoms with Crippen LogP contribution in [-0.2, 0) is 21.4 Å². The molecule has 11 heteroatoms. The second-order valence-corrected chi connectivity index (χ2v) is 11.1. The van der Waals surface area contributed by atoms with Gasteiger partial charge in [0.15, 0.2) is 0 Å². The second kappa shape index (κ2) is 9.90. The third-order valence-electron chi connectivity index (χ3n) is 6.86. The van der Waals surface area contributed by atoms with Crippen LogP contribution in [-0.4, -0.2) is 82.8 Å². The average Bonchev–Trinajstić information content (AvgIpc) is 3.31. The number of piperazine rings is 1. The summed E-state index contributed by atoms with van der Waals surface area (Å²) in [5.74, 6) is 0.638. The molecule has 1 amide bonds. The smallest absolute Gasteiger partial charge is 0.243 e. The van der Waals surface area contributed by atoms with Gasteiger partial charge in [-0.25, -0.2) is 18.1 Å². The lowest BCUT2D eigenvalue weighted by Gasteiger charge is -2.39. The largest absolute Gasteiger partial charge is 0.353 e. The number of fused-ring (bicyclic) bond motifs is 1. The molecule has 0 bridgehead atoms. The zero-order valence-electron chi connectivity index (χ0n) is 20.0. The molecule has 35 heavy (non-hydrogen) atoms. The fourth-order valence-corrected chi connectivity index (χ4v) is 6.50. The van der Waals surface area contributed by atoms with E-state index in [4.69, 9.17) is 0 Å². The Bertz CT molecular complexity index is 1290. The molecule has 2 aliphatic rings. The van der Waals surface area contributed by atoms with Crippen LogP contribution in [0.15, 0.2) is 47.5 Å². The number of carbonyl (C=O) groups excluding carboxylic acids is 1. The Hall–Kier alpha value is -3.05. The number of carbonyl (C=O) groups is 1. The zero-order chi connectivity index (χ0) is 24.4. The van der Waals surface area contributed by atoms with Crippen molar-refractivity contribution in [1.29, 1.82) is 0 Å². The topological polar surface area (TPSA) is 105 Å². The summed E-state index contributed by atoms with van der Waals surface area (Å²) >= 11 is 0. The monoisotopic (exact) mass is 497 g/mol. The molecule has 0 saturated carbocycles. The first-order valence-corrected chi connectivity index (χ1v) is 13.7. The third-order valence-corrected chi connectivity index (χ3v) is 8.72. The number of nitrogens with zero attached hydrogens (tertiary/aromatic N) is 7. The van der Waals surface area contributed by atoms with Gasteiger partial charge >= 0.3 is 0 Å². The van der Waals surface area contributed by atoms with Gasteiger partial charge in [-0.2, -0.15) is 4.31 Å². The maximum atomic E-state index is 13.4. The summed E-state index contributed by atoms with van der Waals surface area (Å²) in [4.78, 5) is 21.9. The first-order valence-electron chi connectivity index (χ1n) is 12.3. The molecule has 5 rings (SSSR count). The maximum absolute atomic E-state index is 13.4. The number of hydrogen-bond donors (Lipinski definition) is 0. The molecule has 10 nitrogen and oxygen atoms in total. The number of hydrogen-bond acceptors (Lipinski definition) is 7. The highest BCUT2D eigenvalue weighted by Gasteiger charge is 2.36. The van der Waals surface area contributed by atoms with Crippen LogP contribution in [0.25, 0.3) is 11.0 Å². The number of anilines is 1. The molecule has 1 aromatic carbocycles. The molecule has 186 valence electrons. The number of pyridine rings is 1. The Kier molecular flexibility index (Phi) is 6.70. The highest BCUT2D eigenvalue weighted by molar-refractivity contribution is 7.89. The minimum atomic E-state index is -3.73. The summed E-state index contributed by atoms with van der Waals surface area (Å²) in [5, 5.41) is 8.28. The number of piperidine rings is 1. The fourth-order valence-electron chi connectivity index (χ4n) is 4.96. The summed E-state index contributed by atoms with van der Waals surface area (Å²) < 4.78 is 30.1. The Morgan fingerprint density at radius 2 is 1.91 bits per heavy atom. The van der Waals surface area contributed by atoms with Crippen LogP contribution in [0, 0.1) is 5.92 Å². The van der Waals surface area contributed by atoms with Crippen molar-refractivity contribution >= 4 is 32.8 Å². The lowest BCUT2D eigenvalue weighted by molar-refractivity contribution is -0.137. The van der Waals surface area contributed by atoms with E-state index in [1.54, 1.807) is 29.1 Å². The van der Waals surface area contributed by atoms with E-state index in [-0.39, 0.29) is 23.3 Å². The van der Waals surface area contributed by atoms with Crippen molar-refractivity contribution < 1.29 is 13.2 Å². The van der Waals surface area contributed by atoms with Gasteiger partial charge in [-0.1, -0.05) is 18.2 Å². The SMILES string of the molecule is CCCn1nnc2cc(S(=O)(=O)N3CCC[C@H](C(=O)N4CCN(c5ccccn5)CC4)C3)ccc21. The fraction of sp³-hybridized carbons (Fsp3) is 0.500. The van der Waals surface area contributed by atoms with Gasteiger partial charge in [-0.15, -0.1) is 5.10 Å². The van der Waals surface area contributed by atoms with Crippen LogP contribution in [0.4, 0.5) is 5.82 Å². The van der Waals surface area contributed by atoms with Crippen molar-refractivity contribution in [2.24, 2.45) is 5.92 Å². The lowest BCUT2D eigenvalue weighted by Crippen LogP contribution is -2.53. The first kappa shape index (κ1) is 23.7. The van der Waals surface area contributed by atoms with Gasteiger partial charge in [0, 0.05) is 52.0 Å². The van der Waals surface area contributed by atoms with Crippen LogP contribution in [0.5, 0.6) is 0 Å². The average molecular weight is 498 g/mol. The quantitative estimate of drug-likeness (QED) is 0.513.